The molecule has 0 bridgehead atoms. The number of rotatable bonds is 5. The Balaban J connectivity index is 1.63. The van der Waals surface area contributed by atoms with Crippen molar-refractivity contribution in [2.45, 2.75) is 26.8 Å². The summed E-state index contributed by atoms with van der Waals surface area (Å²) in [6.07, 6.45) is 0.201. The minimum atomic E-state index is -0.0890. The molecule has 0 radical (unpaired) electrons. The van der Waals surface area contributed by atoms with Gasteiger partial charge in [-0.1, -0.05) is 18.2 Å². The number of thiazole rings is 1. The highest BCUT2D eigenvalue weighted by atomic mass is 32.1. The van der Waals surface area contributed by atoms with E-state index < -0.39 is 0 Å². The fourth-order valence-electron chi connectivity index (χ4n) is 2.17. The zero-order valence-electron chi connectivity index (χ0n) is 13.0. The van der Waals surface area contributed by atoms with Crippen LogP contribution in [0.3, 0.4) is 0 Å². The lowest BCUT2D eigenvalue weighted by Gasteiger charge is -2.01. The van der Waals surface area contributed by atoms with E-state index in [9.17, 15) is 4.79 Å². The van der Waals surface area contributed by atoms with Gasteiger partial charge in [0.1, 0.15) is 10.8 Å². The van der Waals surface area contributed by atoms with E-state index in [1.165, 1.54) is 0 Å². The van der Waals surface area contributed by atoms with Gasteiger partial charge in [0, 0.05) is 16.6 Å². The van der Waals surface area contributed by atoms with Crippen LogP contribution in [0.4, 0.5) is 0 Å². The maximum Gasteiger partial charge on any atom is 0.226 e. The molecule has 3 aromatic rings. The van der Waals surface area contributed by atoms with Gasteiger partial charge in [0.25, 0.3) is 0 Å². The monoisotopic (exact) mass is 327 g/mol. The van der Waals surface area contributed by atoms with Crippen molar-refractivity contribution in [1.82, 2.24) is 15.3 Å². The fraction of sp³-hybridized carbons (Fsp3) is 0.235. The summed E-state index contributed by atoms with van der Waals surface area (Å²) in [6.45, 7) is 4.21. The fourth-order valence-corrected chi connectivity index (χ4v) is 2.88. The summed E-state index contributed by atoms with van der Waals surface area (Å²) in [5, 5.41) is 5.73. The first-order valence-electron chi connectivity index (χ1n) is 7.31. The number of nitrogens with zero attached hydrogens (tertiary/aromatic N) is 2. The Kier molecular flexibility index (Phi) is 4.52. The number of aryl methyl sites for hydroxylation is 2. The normalized spacial score (nSPS) is 10.7. The van der Waals surface area contributed by atoms with Crippen LogP contribution < -0.4 is 5.32 Å². The molecule has 2 heterocycles. The molecular formula is C17H17N3O2S. The second kappa shape index (κ2) is 6.75. The van der Waals surface area contributed by atoms with Crippen molar-refractivity contribution in [2.75, 3.05) is 0 Å². The quantitative estimate of drug-likeness (QED) is 0.781. The Morgan fingerprint density at radius 2 is 2.00 bits per heavy atom. The predicted octanol–water partition coefficient (Wildman–Crippen LogP) is 3.27. The number of hydrogen-bond donors (Lipinski definition) is 1. The zero-order chi connectivity index (χ0) is 16.2. The van der Waals surface area contributed by atoms with Crippen LogP contribution in [0.25, 0.3) is 11.5 Å². The van der Waals surface area contributed by atoms with E-state index in [1.807, 2.05) is 49.6 Å². The minimum Gasteiger partial charge on any atom is -0.441 e. The second-order valence-electron chi connectivity index (χ2n) is 5.22. The predicted molar refractivity (Wildman–Crippen MR) is 89.1 cm³/mol. The van der Waals surface area contributed by atoms with Crippen LogP contribution in [0.2, 0.25) is 0 Å². The zero-order valence-corrected chi connectivity index (χ0v) is 13.8. The molecule has 0 spiro atoms. The summed E-state index contributed by atoms with van der Waals surface area (Å²) in [4.78, 5) is 20.8. The van der Waals surface area contributed by atoms with E-state index in [0.29, 0.717) is 23.9 Å². The van der Waals surface area contributed by atoms with Gasteiger partial charge in [0.2, 0.25) is 11.8 Å². The van der Waals surface area contributed by atoms with Gasteiger partial charge in [-0.2, -0.15) is 0 Å². The molecule has 2 aromatic heterocycles. The van der Waals surface area contributed by atoms with Crippen molar-refractivity contribution in [1.29, 1.82) is 0 Å². The molecule has 5 nitrogen and oxygen atoms in total. The number of oxazole rings is 1. The first-order valence-corrected chi connectivity index (χ1v) is 8.19. The Labute approximate surface area is 138 Å². The number of carbonyl (C=O) groups excluding carboxylic acids is 1. The van der Waals surface area contributed by atoms with Crippen LogP contribution in [0.5, 0.6) is 0 Å². The minimum absolute atomic E-state index is 0.0890. The molecule has 1 amide bonds. The van der Waals surface area contributed by atoms with Crippen molar-refractivity contribution in [3.63, 3.8) is 0 Å². The smallest absolute Gasteiger partial charge is 0.226 e. The van der Waals surface area contributed by atoms with Crippen molar-refractivity contribution >= 4 is 17.2 Å². The van der Waals surface area contributed by atoms with Crippen LogP contribution in [0.15, 0.2) is 40.1 Å². The summed E-state index contributed by atoms with van der Waals surface area (Å²) in [5.41, 5.74) is 2.54. The average Bonchev–Trinajstić information content (AvgIpc) is 3.13. The lowest BCUT2D eigenvalue weighted by Crippen LogP contribution is -2.24. The SMILES string of the molecule is Cc1csc(CNC(=O)Cc2nc(-c3ccccc3)oc2C)n1. The van der Waals surface area contributed by atoms with E-state index >= 15 is 0 Å². The maximum atomic E-state index is 12.1. The molecule has 0 fully saturated rings. The van der Waals surface area contributed by atoms with Crippen molar-refractivity contribution < 1.29 is 9.21 Å². The molecule has 0 unspecified atom stereocenters. The molecule has 0 aliphatic heterocycles. The molecule has 0 aliphatic carbocycles. The molecule has 6 heteroatoms. The third kappa shape index (κ3) is 3.84. The molecule has 0 saturated heterocycles. The van der Waals surface area contributed by atoms with Crippen LogP contribution in [-0.4, -0.2) is 15.9 Å². The number of carbonyl (C=O) groups is 1. The molecule has 0 atom stereocenters. The van der Waals surface area contributed by atoms with Gasteiger partial charge in [-0.25, -0.2) is 9.97 Å². The molecule has 118 valence electrons. The first kappa shape index (κ1) is 15.4. The molecule has 0 saturated carbocycles. The Morgan fingerprint density at radius 3 is 2.70 bits per heavy atom. The molecule has 23 heavy (non-hydrogen) atoms. The third-order valence-electron chi connectivity index (χ3n) is 3.34. The van der Waals surface area contributed by atoms with E-state index in [0.717, 1.165) is 16.3 Å². The van der Waals surface area contributed by atoms with Gasteiger partial charge < -0.3 is 9.73 Å². The maximum absolute atomic E-state index is 12.1. The highest BCUT2D eigenvalue weighted by molar-refractivity contribution is 7.09. The van der Waals surface area contributed by atoms with Gasteiger partial charge in [0.15, 0.2) is 0 Å². The van der Waals surface area contributed by atoms with Gasteiger partial charge in [-0.3, -0.25) is 4.79 Å². The summed E-state index contributed by atoms with van der Waals surface area (Å²) in [5.74, 6) is 1.12. The Morgan fingerprint density at radius 1 is 1.22 bits per heavy atom. The molecular weight excluding hydrogens is 310 g/mol. The van der Waals surface area contributed by atoms with Gasteiger partial charge in [0.05, 0.1) is 18.7 Å². The number of nitrogens with one attached hydrogen (secondary N) is 1. The second-order valence-corrected chi connectivity index (χ2v) is 6.17. The Hall–Kier alpha value is -2.47. The molecule has 1 N–H and O–H groups in total. The third-order valence-corrected chi connectivity index (χ3v) is 4.31. The van der Waals surface area contributed by atoms with E-state index in [-0.39, 0.29) is 12.3 Å². The largest absolute Gasteiger partial charge is 0.441 e. The average molecular weight is 327 g/mol. The van der Waals surface area contributed by atoms with Gasteiger partial charge in [-0.05, 0) is 26.0 Å². The van der Waals surface area contributed by atoms with Crippen molar-refractivity contribution in [2.24, 2.45) is 0 Å². The molecule has 3 rings (SSSR count). The lowest BCUT2D eigenvalue weighted by molar-refractivity contribution is -0.120. The van der Waals surface area contributed by atoms with E-state index in [4.69, 9.17) is 4.42 Å². The summed E-state index contributed by atoms with van der Waals surface area (Å²) >= 11 is 1.54. The van der Waals surface area contributed by atoms with Crippen LogP contribution >= 0.6 is 11.3 Å². The summed E-state index contributed by atoms with van der Waals surface area (Å²) < 4.78 is 5.67. The first-order chi connectivity index (χ1) is 11.1. The van der Waals surface area contributed by atoms with Crippen LogP contribution in [0.1, 0.15) is 22.2 Å². The summed E-state index contributed by atoms with van der Waals surface area (Å²) in [7, 11) is 0. The van der Waals surface area contributed by atoms with Crippen LogP contribution in [-0.2, 0) is 17.8 Å². The molecule has 0 aliphatic rings. The van der Waals surface area contributed by atoms with E-state index in [2.05, 4.69) is 15.3 Å². The lowest BCUT2D eigenvalue weighted by atomic mass is 10.2. The number of benzene rings is 1. The van der Waals surface area contributed by atoms with Crippen molar-refractivity contribution in [3.05, 3.63) is 57.9 Å². The van der Waals surface area contributed by atoms with Crippen LogP contribution in [0, 0.1) is 13.8 Å². The van der Waals surface area contributed by atoms with E-state index in [1.54, 1.807) is 11.3 Å². The standard InChI is InChI=1S/C17H17N3O2S/c1-11-10-23-16(19-11)9-18-15(21)8-14-12(2)22-17(20-14)13-6-4-3-5-7-13/h3-7,10H,8-9H2,1-2H3,(H,18,21). The topological polar surface area (TPSA) is 68.0 Å². The highest BCUT2D eigenvalue weighted by Gasteiger charge is 2.14. The van der Waals surface area contributed by atoms with Gasteiger partial charge in [-0.15, -0.1) is 11.3 Å². The molecule has 1 aromatic carbocycles. The van der Waals surface area contributed by atoms with Gasteiger partial charge >= 0.3 is 0 Å². The Bertz CT molecular complexity index is 808. The van der Waals surface area contributed by atoms with Crippen molar-refractivity contribution in [3.8, 4) is 11.5 Å². The highest BCUT2D eigenvalue weighted by Crippen LogP contribution is 2.21. The number of hydrogen-bond acceptors (Lipinski definition) is 5. The number of amides is 1. The summed E-state index contributed by atoms with van der Waals surface area (Å²) in [6, 6.07) is 9.66. The number of aromatic nitrogens is 2.